The lowest BCUT2D eigenvalue weighted by Gasteiger charge is -2.29. The maximum Gasteiger partial charge on any atom is 0.221 e. The molecule has 1 heterocycles. The van der Waals surface area contributed by atoms with E-state index in [1.54, 1.807) is 7.11 Å². The molecule has 0 radical (unpaired) electrons. The Hall–Kier alpha value is -2.53. The summed E-state index contributed by atoms with van der Waals surface area (Å²) < 4.78 is 11.2. The molecule has 1 aliphatic heterocycles. The first-order valence-electron chi connectivity index (χ1n) is 8.59. The van der Waals surface area contributed by atoms with Crippen LogP contribution in [-0.4, -0.2) is 44.2 Å². The lowest BCUT2D eigenvalue weighted by atomic mass is 10.0. The largest absolute Gasteiger partial charge is 0.493 e. The molecule has 25 heavy (non-hydrogen) atoms. The number of hydrogen-bond donors (Lipinski definition) is 1. The van der Waals surface area contributed by atoms with Crippen molar-refractivity contribution < 1.29 is 14.3 Å². The highest BCUT2D eigenvalue weighted by molar-refractivity contribution is 5.77. The monoisotopic (exact) mass is 340 g/mol. The van der Waals surface area contributed by atoms with E-state index in [2.05, 4.69) is 22.3 Å². The molecule has 2 aromatic carbocycles. The van der Waals surface area contributed by atoms with Crippen LogP contribution < -0.4 is 14.8 Å². The second-order valence-electron chi connectivity index (χ2n) is 6.02. The third kappa shape index (κ3) is 4.51. The fraction of sp³-hybridized carbons (Fsp3) is 0.350. The number of carbonyl (C=O) groups excluding carboxylic acids is 1. The van der Waals surface area contributed by atoms with E-state index in [1.165, 1.54) is 0 Å². The number of para-hydroxylation sites is 2. The van der Waals surface area contributed by atoms with Crippen LogP contribution in [0.3, 0.4) is 0 Å². The first kappa shape index (κ1) is 17.3. The van der Waals surface area contributed by atoms with Gasteiger partial charge < -0.3 is 14.8 Å². The van der Waals surface area contributed by atoms with E-state index in [-0.39, 0.29) is 11.9 Å². The molecule has 0 aromatic heterocycles. The molecule has 5 nitrogen and oxygen atoms in total. The van der Waals surface area contributed by atoms with Crippen molar-refractivity contribution in [1.29, 1.82) is 0 Å². The molecule has 1 N–H and O–H groups in total. The summed E-state index contributed by atoms with van der Waals surface area (Å²) in [6, 6.07) is 17.9. The fourth-order valence-corrected chi connectivity index (χ4v) is 3.15. The maximum atomic E-state index is 12.0. The Labute approximate surface area is 148 Å². The van der Waals surface area contributed by atoms with Crippen LogP contribution in [0, 0.1) is 0 Å². The zero-order chi connectivity index (χ0) is 17.5. The molecule has 1 atom stereocenters. The van der Waals surface area contributed by atoms with Gasteiger partial charge >= 0.3 is 0 Å². The van der Waals surface area contributed by atoms with Gasteiger partial charge in [-0.3, -0.25) is 9.69 Å². The summed E-state index contributed by atoms with van der Waals surface area (Å²) >= 11 is 0. The number of amides is 1. The zero-order valence-corrected chi connectivity index (χ0v) is 14.5. The van der Waals surface area contributed by atoms with E-state index in [1.807, 2.05) is 42.5 Å². The number of ether oxygens (including phenoxy) is 2. The van der Waals surface area contributed by atoms with Gasteiger partial charge in [0, 0.05) is 32.1 Å². The highest BCUT2D eigenvalue weighted by Crippen LogP contribution is 2.27. The Morgan fingerprint density at radius 2 is 1.80 bits per heavy atom. The second kappa shape index (κ2) is 8.53. The molecule has 0 unspecified atom stereocenters. The van der Waals surface area contributed by atoms with Gasteiger partial charge in [0.1, 0.15) is 6.61 Å². The number of rotatable bonds is 6. The molecular formula is C20H24N2O3. The summed E-state index contributed by atoms with van der Waals surface area (Å²) in [4.78, 5) is 14.3. The third-order valence-corrected chi connectivity index (χ3v) is 4.43. The van der Waals surface area contributed by atoms with Crippen molar-refractivity contribution in [3.05, 3.63) is 60.2 Å². The molecule has 0 bridgehead atoms. The van der Waals surface area contributed by atoms with E-state index in [0.29, 0.717) is 19.6 Å². The molecule has 5 heteroatoms. The van der Waals surface area contributed by atoms with Gasteiger partial charge in [0.05, 0.1) is 7.11 Å². The van der Waals surface area contributed by atoms with Crippen molar-refractivity contribution in [3.8, 4) is 11.5 Å². The molecule has 3 rings (SSSR count). The average molecular weight is 340 g/mol. The van der Waals surface area contributed by atoms with E-state index in [0.717, 1.165) is 30.2 Å². The number of methoxy groups -OCH3 is 1. The molecule has 0 saturated carbocycles. The minimum Gasteiger partial charge on any atom is -0.493 e. The lowest BCUT2D eigenvalue weighted by molar-refractivity contribution is -0.121. The number of nitrogens with zero attached hydrogens (tertiary/aromatic N) is 1. The minimum absolute atomic E-state index is 0.0740. The molecule has 1 amide bonds. The second-order valence-corrected chi connectivity index (χ2v) is 6.02. The predicted molar refractivity (Wildman–Crippen MR) is 96.9 cm³/mol. The Balaban J connectivity index is 1.67. The van der Waals surface area contributed by atoms with E-state index in [9.17, 15) is 4.79 Å². The molecule has 1 saturated heterocycles. The standard InChI is InChI=1S/C20H24N2O3/c1-24-18-9-5-6-10-19(18)25-14-13-22-12-11-21-20(23)15-17(22)16-7-3-2-4-8-16/h2-10,17H,11-15H2,1H3,(H,21,23)/t17-/m1/s1. The molecule has 1 fully saturated rings. The Morgan fingerprint density at radius 3 is 2.56 bits per heavy atom. The van der Waals surface area contributed by atoms with Gasteiger partial charge in [-0.25, -0.2) is 0 Å². The predicted octanol–water partition coefficient (Wildman–Crippen LogP) is 2.64. The van der Waals surface area contributed by atoms with E-state index >= 15 is 0 Å². The summed E-state index contributed by atoms with van der Waals surface area (Å²) in [5.41, 5.74) is 1.16. The average Bonchev–Trinajstić information content (AvgIpc) is 2.84. The molecule has 1 aliphatic rings. The van der Waals surface area contributed by atoms with Crippen molar-refractivity contribution >= 4 is 5.91 Å². The molecule has 0 spiro atoms. The van der Waals surface area contributed by atoms with Crippen LogP contribution in [0.5, 0.6) is 11.5 Å². The van der Waals surface area contributed by atoms with Crippen LogP contribution >= 0.6 is 0 Å². The van der Waals surface area contributed by atoms with Gasteiger partial charge in [-0.1, -0.05) is 42.5 Å². The van der Waals surface area contributed by atoms with Crippen LogP contribution in [0.15, 0.2) is 54.6 Å². The summed E-state index contributed by atoms with van der Waals surface area (Å²) in [5, 5.41) is 2.96. The Bertz CT molecular complexity index is 690. The van der Waals surface area contributed by atoms with Crippen LogP contribution in [-0.2, 0) is 4.79 Å². The van der Waals surface area contributed by atoms with E-state index in [4.69, 9.17) is 9.47 Å². The van der Waals surface area contributed by atoms with Crippen molar-refractivity contribution in [2.75, 3.05) is 33.4 Å². The summed E-state index contributed by atoms with van der Waals surface area (Å²) in [5.74, 6) is 1.57. The Morgan fingerprint density at radius 1 is 1.08 bits per heavy atom. The quantitative estimate of drug-likeness (QED) is 0.878. The molecule has 2 aromatic rings. The minimum atomic E-state index is 0.0740. The van der Waals surface area contributed by atoms with Gasteiger partial charge in [0.25, 0.3) is 0 Å². The van der Waals surface area contributed by atoms with Crippen LogP contribution in [0.2, 0.25) is 0 Å². The van der Waals surface area contributed by atoms with Crippen LogP contribution in [0.1, 0.15) is 18.0 Å². The zero-order valence-electron chi connectivity index (χ0n) is 14.5. The normalized spacial score (nSPS) is 18.3. The fourth-order valence-electron chi connectivity index (χ4n) is 3.15. The summed E-state index contributed by atoms with van der Waals surface area (Å²) in [6.45, 7) is 2.75. The SMILES string of the molecule is COc1ccccc1OCCN1CCNC(=O)C[C@@H]1c1ccccc1. The third-order valence-electron chi connectivity index (χ3n) is 4.43. The molecule has 0 aliphatic carbocycles. The van der Waals surface area contributed by atoms with Crippen molar-refractivity contribution in [1.82, 2.24) is 10.2 Å². The molecule has 132 valence electrons. The maximum absolute atomic E-state index is 12.0. The van der Waals surface area contributed by atoms with Crippen molar-refractivity contribution in [2.45, 2.75) is 12.5 Å². The lowest BCUT2D eigenvalue weighted by Crippen LogP contribution is -2.34. The first-order chi connectivity index (χ1) is 12.3. The van der Waals surface area contributed by atoms with Crippen molar-refractivity contribution in [3.63, 3.8) is 0 Å². The summed E-state index contributed by atoms with van der Waals surface area (Å²) in [6.07, 6.45) is 0.471. The van der Waals surface area contributed by atoms with Gasteiger partial charge in [0.15, 0.2) is 11.5 Å². The smallest absolute Gasteiger partial charge is 0.221 e. The van der Waals surface area contributed by atoms with Gasteiger partial charge in [-0.05, 0) is 17.7 Å². The number of nitrogens with one attached hydrogen (secondary N) is 1. The number of hydrogen-bond acceptors (Lipinski definition) is 4. The number of benzene rings is 2. The van der Waals surface area contributed by atoms with Gasteiger partial charge in [-0.15, -0.1) is 0 Å². The van der Waals surface area contributed by atoms with Gasteiger partial charge in [0.2, 0.25) is 5.91 Å². The number of carbonyl (C=O) groups is 1. The van der Waals surface area contributed by atoms with Gasteiger partial charge in [-0.2, -0.15) is 0 Å². The topological polar surface area (TPSA) is 50.8 Å². The summed E-state index contributed by atoms with van der Waals surface area (Å²) in [7, 11) is 1.64. The first-order valence-corrected chi connectivity index (χ1v) is 8.59. The Kier molecular flexibility index (Phi) is 5.90. The molecular weight excluding hydrogens is 316 g/mol. The highest BCUT2D eigenvalue weighted by atomic mass is 16.5. The van der Waals surface area contributed by atoms with Crippen LogP contribution in [0.4, 0.5) is 0 Å². The van der Waals surface area contributed by atoms with E-state index < -0.39 is 0 Å². The van der Waals surface area contributed by atoms with Crippen molar-refractivity contribution in [2.24, 2.45) is 0 Å². The van der Waals surface area contributed by atoms with Crippen LogP contribution in [0.25, 0.3) is 0 Å². The highest BCUT2D eigenvalue weighted by Gasteiger charge is 2.26.